The summed E-state index contributed by atoms with van der Waals surface area (Å²) in [6.07, 6.45) is 1.74. The van der Waals surface area contributed by atoms with Crippen molar-refractivity contribution < 1.29 is 9.53 Å². The molecule has 1 aromatic carbocycles. The summed E-state index contributed by atoms with van der Waals surface area (Å²) >= 11 is 0. The Morgan fingerprint density at radius 2 is 1.75 bits per heavy atom. The first-order valence-corrected chi connectivity index (χ1v) is 9.36. The third kappa shape index (κ3) is 5.23. The minimum Gasteiger partial charge on any atom is -0.445 e. The van der Waals surface area contributed by atoms with Gasteiger partial charge in [-0.05, 0) is 31.5 Å². The number of hydrogen-bond acceptors (Lipinski definition) is 3. The molecule has 2 aliphatic heterocycles. The van der Waals surface area contributed by atoms with Gasteiger partial charge in [0.25, 0.3) is 0 Å². The zero-order valence-corrected chi connectivity index (χ0v) is 16.2. The molecule has 24 heavy (non-hydrogen) atoms. The summed E-state index contributed by atoms with van der Waals surface area (Å²) in [5, 5.41) is 0. The molecule has 2 atom stereocenters. The number of rotatable bonds is 1. The Balaban J connectivity index is 0.000000671. The van der Waals surface area contributed by atoms with E-state index in [1.807, 2.05) is 38.7 Å². The van der Waals surface area contributed by atoms with Gasteiger partial charge in [0.05, 0.1) is 0 Å². The molecule has 0 N–H and O–H groups in total. The largest absolute Gasteiger partial charge is 0.445 e. The van der Waals surface area contributed by atoms with Crippen LogP contribution in [0.5, 0.6) is 0 Å². The van der Waals surface area contributed by atoms with Crippen molar-refractivity contribution >= 4 is 6.09 Å². The Labute approximate surface area is 147 Å². The molecule has 4 nitrogen and oxygen atoms in total. The van der Waals surface area contributed by atoms with Crippen LogP contribution in [0.2, 0.25) is 0 Å². The Kier molecular flexibility index (Phi) is 8.83. The summed E-state index contributed by atoms with van der Waals surface area (Å²) in [7, 11) is 2.08. The van der Waals surface area contributed by atoms with Gasteiger partial charge in [-0.3, -0.25) is 4.90 Å². The van der Waals surface area contributed by atoms with Crippen LogP contribution < -0.4 is 0 Å². The van der Waals surface area contributed by atoms with Crippen molar-refractivity contribution in [2.75, 3.05) is 20.1 Å². The molecule has 0 spiro atoms. The van der Waals surface area contributed by atoms with Crippen LogP contribution in [0.4, 0.5) is 4.79 Å². The van der Waals surface area contributed by atoms with Crippen LogP contribution >= 0.6 is 0 Å². The molecular formula is C20H34N2O2. The smallest absolute Gasteiger partial charge is 0.410 e. The summed E-state index contributed by atoms with van der Waals surface area (Å²) < 4.78 is 5.65. The number of amides is 1. The number of ether oxygens (including phenoxy) is 1. The highest BCUT2D eigenvalue weighted by atomic mass is 16.6. The molecule has 0 saturated carbocycles. The maximum absolute atomic E-state index is 12.3. The second-order valence-electron chi connectivity index (χ2n) is 5.97. The summed E-state index contributed by atoms with van der Waals surface area (Å²) in [5.74, 6) is 0. The molecule has 2 heterocycles. The average molecular weight is 335 g/mol. The zero-order chi connectivity index (χ0) is 18.1. The number of carbonyl (C=O) groups is 1. The van der Waals surface area contributed by atoms with E-state index < -0.39 is 0 Å². The van der Waals surface area contributed by atoms with E-state index in [1.165, 1.54) is 11.1 Å². The first kappa shape index (κ1) is 20.5. The first-order valence-electron chi connectivity index (χ1n) is 9.36. The molecule has 1 fully saturated rings. The highest BCUT2D eigenvalue weighted by Gasteiger charge is 2.31. The molecule has 3 rings (SSSR count). The van der Waals surface area contributed by atoms with Crippen LogP contribution in [-0.4, -0.2) is 48.2 Å². The molecule has 0 aliphatic carbocycles. The van der Waals surface area contributed by atoms with E-state index in [4.69, 9.17) is 4.74 Å². The van der Waals surface area contributed by atoms with Gasteiger partial charge in [0, 0.05) is 32.1 Å². The Morgan fingerprint density at radius 3 is 2.33 bits per heavy atom. The fraction of sp³-hybridized carbons (Fsp3) is 0.650. The molecule has 1 aromatic rings. The van der Waals surface area contributed by atoms with Crippen molar-refractivity contribution in [3.63, 3.8) is 0 Å². The van der Waals surface area contributed by atoms with E-state index in [0.29, 0.717) is 12.6 Å². The predicted octanol–water partition coefficient (Wildman–Crippen LogP) is 4.33. The number of likely N-dealkylation sites (tertiary alicyclic amines) is 1. The SMILES string of the molecule is CC.CC.CC1CC(OC(=O)N2CCc3ccccc3C2)CN1C. The molecule has 2 aliphatic rings. The summed E-state index contributed by atoms with van der Waals surface area (Å²) in [4.78, 5) is 16.3. The van der Waals surface area contributed by atoms with Crippen LogP contribution in [0.15, 0.2) is 24.3 Å². The van der Waals surface area contributed by atoms with Crippen molar-refractivity contribution in [3.8, 4) is 0 Å². The monoisotopic (exact) mass is 334 g/mol. The molecule has 1 amide bonds. The number of fused-ring (bicyclic) bond motifs is 1. The minimum atomic E-state index is -0.160. The lowest BCUT2D eigenvalue weighted by Gasteiger charge is -2.29. The highest BCUT2D eigenvalue weighted by molar-refractivity contribution is 5.68. The first-order chi connectivity index (χ1) is 11.6. The number of nitrogens with zero attached hydrogens (tertiary/aromatic N) is 2. The van der Waals surface area contributed by atoms with Gasteiger partial charge in [-0.15, -0.1) is 0 Å². The van der Waals surface area contributed by atoms with E-state index in [1.54, 1.807) is 0 Å². The molecule has 2 unspecified atom stereocenters. The number of carbonyl (C=O) groups excluding carboxylic acids is 1. The van der Waals surface area contributed by atoms with E-state index in [0.717, 1.165) is 25.9 Å². The molecule has 0 aromatic heterocycles. The van der Waals surface area contributed by atoms with E-state index in [-0.39, 0.29) is 12.2 Å². The maximum Gasteiger partial charge on any atom is 0.410 e. The van der Waals surface area contributed by atoms with Crippen LogP contribution in [0.3, 0.4) is 0 Å². The Bertz CT molecular complexity index is 494. The van der Waals surface area contributed by atoms with Gasteiger partial charge >= 0.3 is 6.09 Å². The van der Waals surface area contributed by atoms with Gasteiger partial charge in [-0.25, -0.2) is 4.79 Å². The zero-order valence-electron chi connectivity index (χ0n) is 16.2. The van der Waals surface area contributed by atoms with Crippen molar-refractivity contribution in [2.24, 2.45) is 0 Å². The molecule has 136 valence electrons. The standard InChI is InChI=1S/C16H22N2O2.2C2H6/c1-12-9-15(11-17(12)2)20-16(19)18-8-7-13-5-3-4-6-14(13)10-18;2*1-2/h3-6,12,15H,7-11H2,1-2H3;2*1-2H3. The van der Waals surface area contributed by atoms with E-state index in [9.17, 15) is 4.79 Å². The second-order valence-corrected chi connectivity index (χ2v) is 5.97. The highest BCUT2D eigenvalue weighted by Crippen LogP contribution is 2.22. The van der Waals surface area contributed by atoms with Gasteiger partial charge in [0.1, 0.15) is 6.10 Å². The molecule has 0 radical (unpaired) electrons. The molecule has 0 bridgehead atoms. The fourth-order valence-corrected chi connectivity index (χ4v) is 3.09. The maximum atomic E-state index is 12.3. The minimum absolute atomic E-state index is 0.0414. The van der Waals surface area contributed by atoms with Gasteiger partial charge < -0.3 is 9.64 Å². The summed E-state index contributed by atoms with van der Waals surface area (Å²) in [6, 6.07) is 8.82. The van der Waals surface area contributed by atoms with Crippen molar-refractivity contribution in [2.45, 2.75) is 66.2 Å². The van der Waals surface area contributed by atoms with Crippen molar-refractivity contribution in [1.82, 2.24) is 9.80 Å². The lowest BCUT2D eigenvalue weighted by atomic mass is 10.0. The number of benzene rings is 1. The van der Waals surface area contributed by atoms with Crippen LogP contribution in [0.25, 0.3) is 0 Å². The van der Waals surface area contributed by atoms with Gasteiger partial charge in [-0.1, -0.05) is 52.0 Å². The Hall–Kier alpha value is -1.55. The Morgan fingerprint density at radius 1 is 1.12 bits per heavy atom. The normalized spacial score (nSPS) is 22.5. The average Bonchev–Trinajstić information content (AvgIpc) is 2.95. The van der Waals surface area contributed by atoms with Crippen molar-refractivity contribution in [1.29, 1.82) is 0 Å². The summed E-state index contributed by atoms with van der Waals surface area (Å²) in [6.45, 7) is 12.4. The van der Waals surface area contributed by atoms with Gasteiger partial charge in [-0.2, -0.15) is 0 Å². The quantitative estimate of drug-likeness (QED) is 0.766. The predicted molar refractivity (Wildman–Crippen MR) is 100 cm³/mol. The number of hydrogen-bond donors (Lipinski definition) is 0. The third-order valence-electron chi connectivity index (χ3n) is 4.50. The van der Waals surface area contributed by atoms with Crippen molar-refractivity contribution in [3.05, 3.63) is 35.4 Å². The summed E-state index contributed by atoms with van der Waals surface area (Å²) in [5.41, 5.74) is 2.60. The van der Waals surface area contributed by atoms with Crippen LogP contribution in [-0.2, 0) is 17.7 Å². The lowest BCUT2D eigenvalue weighted by molar-refractivity contribution is 0.0632. The molecule has 4 heteroatoms. The third-order valence-corrected chi connectivity index (χ3v) is 4.50. The van der Waals surface area contributed by atoms with Crippen LogP contribution in [0, 0.1) is 0 Å². The van der Waals surface area contributed by atoms with Gasteiger partial charge in [0.2, 0.25) is 0 Å². The van der Waals surface area contributed by atoms with E-state index >= 15 is 0 Å². The fourth-order valence-electron chi connectivity index (χ4n) is 3.09. The topological polar surface area (TPSA) is 32.8 Å². The van der Waals surface area contributed by atoms with E-state index in [2.05, 4.69) is 37.1 Å². The van der Waals surface area contributed by atoms with Gasteiger partial charge in [0.15, 0.2) is 0 Å². The number of likely N-dealkylation sites (N-methyl/N-ethyl adjacent to an activating group) is 1. The molecular weight excluding hydrogens is 300 g/mol. The lowest BCUT2D eigenvalue weighted by Crippen LogP contribution is -2.38. The second kappa shape index (κ2) is 10.3. The van der Waals surface area contributed by atoms with Crippen LogP contribution in [0.1, 0.15) is 52.2 Å². The molecule has 1 saturated heterocycles.